The second-order valence-corrected chi connectivity index (χ2v) is 8.20. The normalized spacial score (nSPS) is 41.6. The first-order valence-electron chi connectivity index (χ1n) is 10.7. The molecule has 0 aromatic rings. The van der Waals surface area contributed by atoms with E-state index in [-0.39, 0.29) is 13.1 Å². The summed E-state index contributed by atoms with van der Waals surface area (Å²) in [5, 5.41) is 89.4. The highest BCUT2D eigenvalue weighted by molar-refractivity contribution is 4.97. The predicted octanol–water partition coefficient (Wildman–Crippen LogP) is -7.04. The zero-order valence-corrected chi connectivity index (χ0v) is 18.5. The van der Waals surface area contributed by atoms with E-state index in [0.29, 0.717) is 0 Å². The Hall–Kier alpha value is -0.640. The summed E-state index contributed by atoms with van der Waals surface area (Å²) in [5.41, 5.74) is 10.9. The van der Waals surface area contributed by atoms with Crippen LogP contribution in [0.4, 0.5) is 0 Å². The zero-order valence-electron chi connectivity index (χ0n) is 18.5. The largest absolute Gasteiger partial charge is 0.391 e. The molecule has 0 spiro atoms. The fraction of sp³-hybridized carbons (Fsp3) is 1.00. The summed E-state index contributed by atoms with van der Waals surface area (Å²) >= 11 is 0. The molecule has 0 aromatic carbocycles. The Morgan fingerprint density at radius 1 is 0.912 bits per heavy atom. The second-order valence-electron chi connectivity index (χ2n) is 8.20. The standard InChI is InChI=1S/C18H36N2O14/c1-6(22)9(4-30-16-13(26)12(25)10(23)7(2-19)31-16)32-17(15(28)29)34-18(5-21)14(27)11(24)8(3-20)33-18/h6-17,21-29H,2-5,19-20H2,1H3/t6-,7?,8?,9?,10?,11?,12?,13?,14?,16?,17?,18-/m0/s1. The van der Waals surface area contributed by atoms with E-state index < -0.39 is 92.8 Å². The molecule has 16 heteroatoms. The van der Waals surface area contributed by atoms with Crippen LogP contribution in [0.25, 0.3) is 0 Å². The molecule has 0 aromatic heterocycles. The minimum Gasteiger partial charge on any atom is -0.391 e. The van der Waals surface area contributed by atoms with E-state index >= 15 is 0 Å². The van der Waals surface area contributed by atoms with Crippen molar-refractivity contribution in [3.05, 3.63) is 0 Å². The molecule has 0 saturated carbocycles. The van der Waals surface area contributed by atoms with E-state index in [9.17, 15) is 46.0 Å². The smallest absolute Gasteiger partial charge is 0.224 e. The van der Waals surface area contributed by atoms with Gasteiger partial charge >= 0.3 is 0 Å². The fourth-order valence-electron chi connectivity index (χ4n) is 3.57. The number of rotatable bonds is 12. The number of hydrogen-bond donors (Lipinski definition) is 11. The monoisotopic (exact) mass is 504 g/mol. The van der Waals surface area contributed by atoms with Crippen molar-refractivity contribution in [3.63, 3.8) is 0 Å². The van der Waals surface area contributed by atoms with Gasteiger partial charge in [-0.05, 0) is 6.92 Å². The SMILES string of the molecule is C[C@H](O)C(COC1OC(CN)C(O)C(O)C1O)OC(O[C@]1(CO)OC(CN)C(O)C1O)C(O)O. The third kappa shape index (κ3) is 6.37. The molecule has 0 amide bonds. The van der Waals surface area contributed by atoms with Crippen LogP contribution >= 0.6 is 0 Å². The van der Waals surface area contributed by atoms with Gasteiger partial charge in [0.15, 0.2) is 6.29 Å². The fourth-order valence-corrected chi connectivity index (χ4v) is 3.57. The Morgan fingerprint density at radius 3 is 2.00 bits per heavy atom. The molecule has 2 fully saturated rings. The number of nitrogens with two attached hydrogens (primary N) is 2. The van der Waals surface area contributed by atoms with Crippen molar-refractivity contribution >= 4 is 0 Å². The van der Waals surface area contributed by atoms with Crippen LogP contribution in [-0.2, 0) is 23.7 Å². The maximum Gasteiger partial charge on any atom is 0.224 e. The molecule has 0 bridgehead atoms. The van der Waals surface area contributed by atoms with Crippen molar-refractivity contribution in [2.24, 2.45) is 11.5 Å². The Bertz CT molecular complexity index is 615. The number of hydrogen-bond acceptors (Lipinski definition) is 16. The number of aliphatic hydroxyl groups is 9. The van der Waals surface area contributed by atoms with Crippen LogP contribution in [0.15, 0.2) is 0 Å². The molecule has 0 radical (unpaired) electrons. The molecule has 34 heavy (non-hydrogen) atoms. The van der Waals surface area contributed by atoms with E-state index in [2.05, 4.69) is 0 Å². The van der Waals surface area contributed by atoms with Crippen LogP contribution in [0.5, 0.6) is 0 Å². The maximum absolute atomic E-state index is 10.3. The third-order valence-corrected chi connectivity index (χ3v) is 5.69. The van der Waals surface area contributed by atoms with Crippen LogP contribution in [0.2, 0.25) is 0 Å². The third-order valence-electron chi connectivity index (χ3n) is 5.69. The lowest BCUT2D eigenvalue weighted by molar-refractivity contribution is -0.381. The summed E-state index contributed by atoms with van der Waals surface area (Å²) in [7, 11) is 0. The van der Waals surface area contributed by atoms with E-state index in [4.69, 9.17) is 35.2 Å². The van der Waals surface area contributed by atoms with Gasteiger partial charge in [0.25, 0.3) is 0 Å². The molecule has 2 rings (SSSR count). The molecular weight excluding hydrogens is 468 g/mol. The van der Waals surface area contributed by atoms with Gasteiger partial charge in [0.05, 0.1) is 12.7 Å². The van der Waals surface area contributed by atoms with Crippen LogP contribution in [-0.4, -0.2) is 152 Å². The van der Waals surface area contributed by atoms with Crippen molar-refractivity contribution in [1.82, 2.24) is 0 Å². The summed E-state index contributed by atoms with van der Waals surface area (Å²) in [4.78, 5) is 0. The Labute approximate surface area is 194 Å². The van der Waals surface area contributed by atoms with Crippen molar-refractivity contribution in [3.8, 4) is 0 Å². The van der Waals surface area contributed by atoms with Crippen LogP contribution in [0.3, 0.4) is 0 Å². The van der Waals surface area contributed by atoms with Gasteiger partial charge in [-0.1, -0.05) is 0 Å². The highest BCUT2D eigenvalue weighted by Crippen LogP contribution is 2.34. The van der Waals surface area contributed by atoms with Gasteiger partial charge in [-0.3, -0.25) is 0 Å². The average molecular weight is 504 g/mol. The van der Waals surface area contributed by atoms with Crippen molar-refractivity contribution in [1.29, 1.82) is 0 Å². The van der Waals surface area contributed by atoms with Gasteiger partial charge in [0.1, 0.15) is 55.4 Å². The van der Waals surface area contributed by atoms with Gasteiger partial charge < -0.3 is 81.1 Å². The highest BCUT2D eigenvalue weighted by atomic mass is 16.8. The Morgan fingerprint density at radius 2 is 1.53 bits per heavy atom. The summed E-state index contributed by atoms with van der Waals surface area (Å²) < 4.78 is 26.6. The van der Waals surface area contributed by atoms with Crippen LogP contribution < -0.4 is 11.5 Å². The Balaban J connectivity index is 2.09. The van der Waals surface area contributed by atoms with Crippen LogP contribution in [0, 0.1) is 0 Å². The zero-order chi connectivity index (χ0) is 25.8. The first-order chi connectivity index (χ1) is 15.9. The molecule has 16 nitrogen and oxygen atoms in total. The summed E-state index contributed by atoms with van der Waals surface area (Å²) in [6, 6.07) is 0. The van der Waals surface area contributed by atoms with E-state index in [0.717, 1.165) is 0 Å². The highest BCUT2D eigenvalue weighted by Gasteiger charge is 2.56. The molecule has 2 heterocycles. The molecule has 2 aliphatic heterocycles. The molecule has 12 atom stereocenters. The first kappa shape index (κ1) is 29.6. The molecule has 2 saturated heterocycles. The van der Waals surface area contributed by atoms with Crippen LogP contribution in [0.1, 0.15) is 6.92 Å². The molecule has 202 valence electrons. The molecule has 10 unspecified atom stereocenters. The van der Waals surface area contributed by atoms with Crippen molar-refractivity contribution in [2.75, 3.05) is 26.3 Å². The van der Waals surface area contributed by atoms with Gasteiger partial charge in [-0.25, -0.2) is 0 Å². The summed E-state index contributed by atoms with van der Waals surface area (Å²) in [5.74, 6) is -2.33. The molecule has 2 aliphatic rings. The topological polar surface area (TPSA) is 280 Å². The van der Waals surface area contributed by atoms with Crippen molar-refractivity contribution in [2.45, 2.75) is 86.5 Å². The Kier molecular flexibility index (Phi) is 10.9. The molecule has 0 aliphatic carbocycles. The van der Waals surface area contributed by atoms with Gasteiger partial charge in [-0.15, -0.1) is 0 Å². The number of aliphatic hydroxyl groups excluding tert-OH is 8. The maximum atomic E-state index is 10.3. The lowest BCUT2D eigenvalue weighted by Crippen LogP contribution is -2.60. The van der Waals surface area contributed by atoms with Gasteiger partial charge in [0.2, 0.25) is 18.4 Å². The van der Waals surface area contributed by atoms with Crippen molar-refractivity contribution < 1.29 is 69.6 Å². The minimum atomic E-state index is -2.38. The summed E-state index contributed by atoms with van der Waals surface area (Å²) in [6.07, 6.45) is -19.0. The van der Waals surface area contributed by atoms with E-state index in [1.54, 1.807) is 0 Å². The van der Waals surface area contributed by atoms with E-state index in [1.165, 1.54) is 6.92 Å². The quantitative estimate of drug-likeness (QED) is 0.110. The lowest BCUT2D eigenvalue weighted by atomic mass is 9.99. The van der Waals surface area contributed by atoms with E-state index in [1.807, 2.05) is 0 Å². The molecule has 13 N–H and O–H groups in total. The number of ether oxygens (including phenoxy) is 5. The molecular formula is C18H36N2O14. The first-order valence-corrected chi connectivity index (χ1v) is 10.7. The average Bonchev–Trinajstić information content (AvgIpc) is 3.05. The lowest BCUT2D eigenvalue weighted by Gasteiger charge is -2.40. The van der Waals surface area contributed by atoms with Gasteiger partial charge in [-0.2, -0.15) is 0 Å². The minimum absolute atomic E-state index is 0.199. The predicted molar refractivity (Wildman–Crippen MR) is 107 cm³/mol. The van der Waals surface area contributed by atoms with Gasteiger partial charge in [0, 0.05) is 13.1 Å². The second kappa shape index (κ2) is 12.5. The summed E-state index contributed by atoms with van der Waals surface area (Å²) in [6.45, 7) is -0.794.